The molecule has 1 aromatic rings. The lowest BCUT2D eigenvalue weighted by atomic mass is 10.1. The third-order valence-corrected chi connectivity index (χ3v) is 2.11. The molecule has 0 aromatic carbocycles. The topological polar surface area (TPSA) is 55.1 Å². The number of halogens is 1. The molecule has 0 aliphatic rings. The number of aromatic nitrogens is 1. The van der Waals surface area contributed by atoms with E-state index in [-0.39, 0.29) is 11.1 Å². The fourth-order valence-corrected chi connectivity index (χ4v) is 1.27. The maximum atomic E-state index is 10.9. The molecule has 1 heterocycles. The summed E-state index contributed by atoms with van der Waals surface area (Å²) in [4.78, 5) is 10.9. The molecular weight excluding hydrogens is 192 g/mol. The van der Waals surface area contributed by atoms with E-state index in [4.69, 9.17) is 16.1 Å². The van der Waals surface area contributed by atoms with Crippen molar-refractivity contribution >= 4 is 17.5 Å². The molecule has 0 aliphatic carbocycles. The number of aryl methyl sites for hydroxylation is 1. The van der Waals surface area contributed by atoms with Crippen molar-refractivity contribution in [2.24, 2.45) is 0 Å². The van der Waals surface area contributed by atoms with Crippen LogP contribution in [0.25, 0.3) is 0 Å². The number of carbonyl (C=O) groups is 1. The Morgan fingerprint density at radius 1 is 1.69 bits per heavy atom. The van der Waals surface area contributed by atoms with Crippen LogP contribution in [0.5, 0.6) is 0 Å². The first-order valence-corrected chi connectivity index (χ1v) is 4.34. The second-order valence-electron chi connectivity index (χ2n) is 2.69. The largest absolute Gasteiger partial charge is 0.359 e. The number of hydrogen-bond acceptors (Lipinski definition) is 3. The first-order valence-electron chi connectivity index (χ1n) is 3.96. The van der Waals surface area contributed by atoms with E-state index < -0.39 is 0 Å². The van der Waals surface area contributed by atoms with Crippen LogP contribution in [-0.4, -0.2) is 18.1 Å². The van der Waals surface area contributed by atoms with Crippen LogP contribution in [0.2, 0.25) is 5.22 Å². The van der Waals surface area contributed by atoms with Gasteiger partial charge in [-0.1, -0.05) is 5.16 Å². The van der Waals surface area contributed by atoms with Crippen molar-refractivity contribution in [1.82, 2.24) is 10.5 Å². The summed E-state index contributed by atoms with van der Waals surface area (Å²) >= 11 is 5.71. The van der Waals surface area contributed by atoms with Crippen LogP contribution in [0.3, 0.4) is 0 Å². The van der Waals surface area contributed by atoms with Gasteiger partial charge in [-0.15, -0.1) is 0 Å². The fourth-order valence-electron chi connectivity index (χ4n) is 1.00. The lowest BCUT2D eigenvalue weighted by Crippen LogP contribution is -2.18. The molecule has 1 amide bonds. The van der Waals surface area contributed by atoms with E-state index in [0.717, 1.165) is 11.3 Å². The molecule has 1 rings (SSSR count). The summed E-state index contributed by atoms with van der Waals surface area (Å²) in [5.41, 5.74) is 1.55. The highest BCUT2D eigenvalue weighted by atomic mass is 35.5. The van der Waals surface area contributed by atoms with Gasteiger partial charge in [-0.25, -0.2) is 0 Å². The Kier molecular flexibility index (Phi) is 3.31. The highest BCUT2D eigenvalue weighted by Gasteiger charge is 2.11. The molecule has 0 bridgehead atoms. The van der Waals surface area contributed by atoms with Gasteiger partial charge in [-0.05, 0) is 24.9 Å². The number of amides is 1. The predicted molar refractivity (Wildman–Crippen MR) is 48.6 cm³/mol. The summed E-state index contributed by atoms with van der Waals surface area (Å²) in [7, 11) is 1.60. The molecule has 0 unspecified atom stereocenters. The molecule has 0 fully saturated rings. The average Bonchev–Trinajstić information content (AvgIpc) is 2.43. The molecule has 5 heteroatoms. The Morgan fingerprint density at radius 2 is 2.38 bits per heavy atom. The van der Waals surface area contributed by atoms with Crippen molar-refractivity contribution in [3.63, 3.8) is 0 Å². The van der Waals surface area contributed by atoms with E-state index in [1.807, 2.05) is 0 Å². The second kappa shape index (κ2) is 4.28. The van der Waals surface area contributed by atoms with Gasteiger partial charge in [0.1, 0.15) is 0 Å². The van der Waals surface area contributed by atoms with E-state index in [0.29, 0.717) is 12.8 Å². The van der Waals surface area contributed by atoms with Crippen LogP contribution >= 0.6 is 11.6 Å². The number of hydrogen-bond donors (Lipinski definition) is 1. The van der Waals surface area contributed by atoms with Crippen molar-refractivity contribution < 1.29 is 9.32 Å². The summed E-state index contributed by atoms with van der Waals surface area (Å²) in [5.74, 6) is -0.0170. The van der Waals surface area contributed by atoms with Gasteiger partial charge < -0.3 is 9.84 Å². The maximum absolute atomic E-state index is 10.9. The molecule has 1 aromatic heterocycles. The van der Waals surface area contributed by atoms with Gasteiger partial charge in [0.25, 0.3) is 0 Å². The quantitative estimate of drug-likeness (QED) is 0.804. The van der Waals surface area contributed by atoms with Gasteiger partial charge in [-0.2, -0.15) is 0 Å². The van der Waals surface area contributed by atoms with E-state index in [1.54, 1.807) is 14.0 Å². The Hall–Kier alpha value is -1.03. The van der Waals surface area contributed by atoms with E-state index >= 15 is 0 Å². The number of nitrogens with one attached hydrogen (secondary N) is 1. The van der Waals surface area contributed by atoms with Gasteiger partial charge in [0, 0.05) is 19.0 Å². The van der Waals surface area contributed by atoms with Gasteiger partial charge in [0.05, 0.1) is 5.69 Å². The van der Waals surface area contributed by atoms with Crippen molar-refractivity contribution in [2.75, 3.05) is 7.05 Å². The molecule has 72 valence electrons. The van der Waals surface area contributed by atoms with E-state index in [2.05, 4.69) is 10.5 Å². The zero-order chi connectivity index (χ0) is 9.84. The van der Waals surface area contributed by atoms with Crippen LogP contribution in [0, 0.1) is 6.92 Å². The highest BCUT2D eigenvalue weighted by molar-refractivity contribution is 6.29. The molecule has 13 heavy (non-hydrogen) atoms. The van der Waals surface area contributed by atoms with Crippen LogP contribution in [0.15, 0.2) is 4.52 Å². The first kappa shape index (κ1) is 10.1. The molecule has 4 nitrogen and oxygen atoms in total. The Morgan fingerprint density at radius 3 is 2.85 bits per heavy atom. The molecular formula is C8H11ClN2O2. The zero-order valence-electron chi connectivity index (χ0n) is 7.56. The predicted octanol–water partition coefficient (Wildman–Crippen LogP) is 1.32. The minimum Gasteiger partial charge on any atom is -0.359 e. The highest BCUT2D eigenvalue weighted by Crippen LogP contribution is 2.20. The normalized spacial score (nSPS) is 10.1. The van der Waals surface area contributed by atoms with Gasteiger partial charge in [0.15, 0.2) is 0 Å². The number of carbonyl (C=O) groups excluding carboxylic acids is 1. The SMILES string of the molecule is CNC(=O)CCc1c(C)noc1Cl. The van der Waals surface area contributed by atoms with Gasteiger partial charge in [-0.3, -0.25) is 4.79 Å². The van der Waals surface area contributed by atoms with Crippen LogP contribution in [0.1, 0.15) is 17.7 Å². The molecule has 0 radical (unpaired) electrons. The number of rotatable bonds is 3. The monoisotopic (exact) mass is 202 g/mol. The maximum Gasteiger partial charge on any atom is 0.229 e. The zero-order valence-corrected chi connectivity index (χ0v) is 8.31. The van der Waals surface area contributed by atoms with Crippen molar-refractivity contribution in [1.29, 1.82) is 0 Å². The molecule has 0 saturated heterocycles. The summed E-state index contributed by atoms with van der Waals surface area (Å²) in [6.45, 7) is 1.80. The summed E-state index contributed by atoms with van der Waals surface area (Å²) < 4.78 is 4.74. The van der Waals surface area contributed by atoms with Crippen molar-refractivity contribution in [2.45, 2.75) is 19.8 Å². The van der Waals surface area contributed by atoms with Crippen molar-refractivity contribution in [3.8, 4) is 0 Å². The van der Waals surface area contributed by atoms with E-state index in [1.165, 1.54) is 0 Å². The lowest BCUT2D eigenvalue weighted by Gasteiger charge is -1.97. The molecule has 0 spiro atoms. The average molecular weight is 203 g/mol. The second-order valence-corrected chi connectivity index (χ2v) is 3.04. The third-order valence-electron chi connectivity index (χ3n) is 1.82. The minimum absolute atomic E-state index is 0.0170. The smallest absolute Gasteiger partial charge is 0.229 e. The Bertz CT molecular complexity index is 290. The van der Waals surface area contributed by atoms with Crippen molar-refractivity contribution in [3.05, 3.63) is 16.5 Å². The first-order chi connectivity index (χ1) is 6.15. The van der Waals surface area contributed by atoms with Crippen LogP contribution in [0.4, 0.5) is 0 Å². The Balaban J connectivity index is 2.58. The molecule has 1 N–H and O–H groups in total. The molecule has 0 atom stereocenters. The van der Waals surface area contributed by atoms with E-state index in [9.17, 15) is 4.79 Å². The summed E-state index contributed by atoms with van der Waals surface area (Å²) in [6, 6.07) is 0. The standard InChI is InChI=1S/C8H11ClN2O2/c1-5-6(8(9)13-11-5)3-4-7(12)10-2/h3-4H2,1-2H3,(H,10,12). The Labute approximate surface area is 81.2 Å². The van der Waals surface area contributed by atoms with Gasteiger partial charge >= 0.3 is 0 Å². The summed E-state index contributed by atoms with van der Waals surface area (Å²) in [5, 5.41) is 6.49. The third kappa shape index (κ3) is 2.45. The molecule has 0 aliphatic heterocycles. The summed E-state index contributed by atoms with van der Waals surface area (Å²) in [6.07, 6.45) is 0.964. The lowest BCUT2D eigenvalue weighted by molar-refractivity contribution is -0.120. The van der Waals surface area contributed by atoms with Crippen LogP contribution in [-0.2, 0) is 11.2 Å². The number of nitrogens with zero attached hydrogens (tertiary/aromatic N) is 1. The molecule has 0 saturated carbocycles. The van der Waals surface area contributed by atoms with Crippen LogP contribution < -0.4 is 5.32 Å². The fraction of sp³-hybridized carbons (Fsp3) is 0.500. The van der Waals surface area contributed by atoms with Gasteiger partial charge in [0.2, 0.25) is 11.1 Å². The minimum atomic E-state index is -0.0170.